The molecule has 2 atom stereocenters. The molecule has 174 valence electrons. The summed E-state index contributed by atoms with van der Waals surface area (Å²) < 4.78 is 59.1. The molecule has 1 heterocycles. The van der Waals surface area contributed by atoms with Crippen LogP contribution in [-0.2, 0) is 25.2 Å². The van der Waals surface area contributed by atoms with Crippen LogP contribution in [0.4, 0.5) is 13.2 Å². The van der Waals surface area contributed by atoms with E-state index in [1.807, 2.05) is 0 Å². The van der Waals surface area contributed by atoms with Crippen LogP contribution >= 0.6 is 0 Å². The average molecular weight is 456 g/mol. The molecular formula is C21H23F3N2O6. The maximum Gasteiger partial charge on any atom is 0.416 e. The Bertz CT molecular complexity index is 920. The van der Waals surface area contributed by atoms with E-state index < -0.39 is 42.6 Å². The van der Waals surface area contributed by atoms with Crippen molar-refractivity contribution in [3.63, 3.8) is 0 Å². The number of rotatable bonds is 9. The van der Waals surface area contributed by atoms with Crippen LogP contribution in [0.3, 0.4) is 0 Å². The predicted molar refractivity (Wildman–Crippen MR) is 106 cm³/mol. The van der Waals surface area contributed by atoms with Gasteiger partial charge in [0.1, 0.15) is 17.7 Å². The third kappa shape index (κ3) is 7.12. The van der Waals surface area contributed by atoms with Gasteiger partial charge < -0.3 is 23.8 Å². The standard InChI is InChI=1S/C21H23F3N2O6/c1-13(20(28)30-12-19(27)26(3)14(2)29-4)31-16-5-7-17(8-6-16)32-18-11-15(9-10-25-18)21(22,23)24/h5-11,13-14H,12H2,1-4H3. The van der Waals surface area contributed by atoms with Gasteiger partial charge >= 0.3 is 12.1 Å². The van der Waals surface area contributed by atoms with Crippen molar-refractivity contribution in [1.29, 1.82) is 0 Å². The van der Waals surface area contributed by atoms with Crippen molar-refractivity contribution in [2.24, 2.45) is 0 Å². The van der Waals surface area contributed by atoms with E-state index in [4.69, 9.17) is 18.9 Å². The van der Waals surface area contributed by atoms with Crippen molar-refractivity contribution in [2.75, 3.05) is 20.8 Å². The quantitative estimate of drug-likeness (QED) is 0.420. The summed E-state index contributed by atoms with van der Waals surface area (Å²) in [6, 6.07) is 7.44. The van der Waals surface area contributed by atoms with Crippen LogP contribution < -0.4 is 9.47 Å². The first-order chi connectivity index (χ1) is 15.0. The van der Waals surface area contributed by atoms with Gasteiger partial charge in [0.15, 0.2) is 12.7 Å². The van der Waals surface area contributed by atoms with Gasteiger partial charge in [0.25, 0.3) is 5.91 Å². The zero-order chi connectivity index (χ0) is 23.9. The summed E-state index contributed by atoms with van der Waals surface area (Å²) in [6.07, 6.45) is -4.99. The molecule has 32 heavy (non-hydrogen) atoms. The SMILES string of the molecule is COC(C)N(C)C(=O)COC(=O)C(C)Oc1ccc(Oc2cc(C(F)(F)F)ccn2)cc1. The van der Waals surface area contributed by atoms with Gasteiger partial charge in [0.2, 0.25) is 5.88 Å². The Morgan fingerprint density at radius 3 is 2.31 bits per heavy atom. The monoisotopic (exact) mass is 456 g/mol. The first-order valence-corrected chi connectivity index (χ1v) is 9.44. The summed E-state index contributed by atoms with van der Waals surface area (Å²) in [4.78, 5) is 29.0. The molecule has 0 fully saturated rings. The van der Waals surface area contributed by atoms with E-state index in [1.165, 1.54) is 50.2 Å². The van der Waals surface area contributed by atoms with Gasteiger partial charge in [-0.15, -0.1) is 0 Å². The molecule has 2 unspecified atom stereocenters. The van der Waals surface area contributed by atoms with E-state index in [9.17, 15) is 22.8 Å². The number of ether oxygens (including phenoxy) is 4. The molecule has 0 N–H and O–H groups in total. The summed E-state index contributed by atoms with van der Waals surface area (Å²) in [7, 11) is 2.96. The number of pyridine rings is 1. The zero-order valence-corrected chi connectivity index (χ0v) is 17.9. The lowest BCUT2D eigenvalue weighted by atomic mass is 10.2. The van der Waals surface area contributed by atoms with Crippen molar-refractivity contribution in [2.45, 2.75) is 32.4 Å². The van der Waals surface area contributed by atoms with Crippen molar-refractivity contribution in [3.8, 4) is 17.4 Å². The Labute approximate surface area is 182 Å². The number of aromatic nitrogens is 1. The third-order valence-corrected chi connectivity index (χ3v) is 4.37. The first kappa shape index (κ1) is 24.9. The fourth-order valence-corrected chi connectivity index (χ4v) is 2.31. The summed E-state index contributed by atoms with van der Waals surface area (Å²) in [5.41, 5.74) is -0.879. The van der Waals surface area contributed by atoms with Crippen LogP contribution in [0.25, 0.3) is 0 Å². The number of nitrogens with zero attached hydrogens (tertiary/aromatic N) is 2. The smallest absolute Gasteiger partial charge is 0.416 e. The molecule has 0 radical (unpaired) electrons. The van der Waals surface area contributed by atoms with Crippen LogP contribution in [0.15, 0.2) is 42.6 Å². The van der Waals surface area contributed by atoms with Gasteiger partial charge in [-0.3, -0.25) is 4.79 Å². The molecule has 1 amide bonds. The number of hydrogen-bond acceptors (Lipinski definition) is 7. The highest BCUT2D eigenvalue weighted by Gasteiger charge is 2.31. The van der Waals surface area contributed by atoms with Crippen LogP contribution in [0.1, 0.15) is 19.4 Å². The highest BCUT2D eigenvalue weighted by Crippen LogP contribution is 2.31. The maximum atomic E-state index is 12.8. The van der Waals surface area contributed by atoms with Gasteiger partial charge in [-0.25, -0.2) is 9.78 Å². The number of halogens is 3. The highest BCUT2D eigenvalue weighted by molar-refractivity contribution is 5.82. The van der Waals surface area contributed by atoms with Crippen LogP contribution in [0.2, 0.25) is 0 Å². The minimum Gasteiger partial charge on any atom is -0.479 e. The number of methoxy groups -OCH3 is 1. The number of likely N-dealkylation sites (N-methyl/N-ethyl adjacent to an activating group) is 1. The molecule has 0 aliphatic heterocycles. The van der Waals surface area contributed by atoms with E-state index in [0.29, 0.717) is 0 Å². The largest absolute Gasteiger partial charge is 0.479 e. The Hall–Kier alpha value is -3.34. The number of carbonyl (C=O) groups is 2. The van der Waals surface area contributed by atoms with Crippen molar-refractivity contribution < 1.29 is 41.7 Å². The van der Waals surface area contributed by atoms with Gasteiger partial charge in [-0.1, -0.05) is 0 Å². The lowest BCUT2D eigenvalue weighted by molar-refractivity contribution is -0.160. The molecule has 11 heteroatoms. The molecule has 0 spiro atoms. The molecule has 0 aliphatic rings. The number of amides is 1. The maximum absolute atomic E-state index is 12.8. The molecule has 1 aromatic heterocycles. The molecule has 0 aliphatic carbocycles. The van der Waals surface area contributed by atoms with Crippen molar-refractivity contribution in [3.05, 3.63) is 48.2 Å². The number of esters is 1. The summed E-state index contributed by atoms with van der Waals surface area (Å²) >= 11 is 0. The van der Waals surface area contributed by atoms with E-state index in [2.05, 4.69) is 4.98 Å². The van der Waals surface area contributed by atoms with E-state index in [-0.39, 0.29) is 17.4 Å². The van der Waals surface area contributed by atoms with Gasteiger partial charge in [0, 0.05) is 26.4 Å². The fourth-order valence-electron chi connectivity index (χ4n) is 2.31. The van der Waals surface area contributed by atoms with E-state index >= 15 is 0 Å². The Balaban J connectivity index is 1.89. The van der Waals surface area contributed by atoms with Crippen LogP contribution in [0.5, 0.6) is 17.4 Å². The number of alkyl halides is 3. The summed E-state index contributed by atoms with van der Waals surface area (Å²) in [6.45, 7) is 2.65. The molecule has 0 bridgehead atoms. The summed E-state index contributed by atoms with van der Waals surface area (Å²) in [5, 5.41) is 0. The Morgan fingerprint density at radius 2 is 1.72 bits per heavy atom. The minimum absolute atomic E-state index is 0.220. The van der Waals surface area contributed by atoms with E-state index in [0.717, 1.165) is 18.3 Å². The Morgan fingerprint density at radius 1 is 1.09 bits per heavy atom. The molecule has 8 nitrogen and oxygen atoms in total. The second-order valence-corrected chi connectivity index (χ2v) is 6.66. The molecule has 0 saturated carbocycles. The van der Waals surface area contributed by atoms with Gasteiger partial charge in [0.05, 0.1) is 5.56 Å². The number of benzene rings is 1. The van der Waals surface area contributed by atoms with Crippen molar-refractivity contribution in [1.82, 2.24) is 9.88 Å². The van der Waals surface area contributed by atoms with E-state index in [1.54, 1.807) is 6.92 Å². The zero-order valence-electron chi connectivity index (χ0n) is 17.9. The average Bonchev–Trinajstić information content (AvgIpc) is 2.77. The second kappa shape index (κ2) is 10.8. The normalized spacial score (nSPS) is 13.1. The molecule has 2 rings (SSSR count). The first-order valence-electron chi connectivity index (χ1n) is 9.44. The molecular weight excluding hydrogens is 433 g/mol. The molecule has 1 aromatic carbocycles. The number of hydrogen-bond donors (Lipinski definition) is 0. The lowest BCUT2D eigenvalue weighted by Gasteiger charge is -2.23. The van der Waals surface area contributed by atoms with Crippen LogP contribution in [0, 0.1) is 0 Å². The van der Waals surface area contributed by atoms with Crippen LogP contribution in [-0.4, -0.2) is 54.9 Å². The summed E-state index contributed by atoms with van der Waals surface area (Å²) in [5.74, 6) is -0.895. The predicted octanol–water partition coefficient (Wildman–Crippen LogP) is 3.65. The van der Waals surface area contributed by atoms with Gasteiger partial charge in [-0.05, 0) is 44.2 Å². The minimum atomic E-state index is -4.51. The Kier molecular flexibility index (Phi) is 8.41. The molecule has 2 aromatic rings. The lowest BCUT2D eigenvalue weighted by Crippen LogP contribution is -2.39. The fraction of sp³-hybridized carbons (Fsp3) is 0.381. The number of carbonyl (C=O) groups excluding carboxylic acids is 2. The third-order valence-electron chi connectivity index (χ3n) is 4.37. The molecule has 0 saturated heterocycles. The van der Waals surface area contributed by atoms with Gasteiger partial charge in [-0.2, -0.15) is 13.2 Å². The second-order valence-electron chi connectivity index (χ2n) is 6.66. The van der Waals surface area contributed by atoms with Crippen molar-refractivity contribution >= 4 is 11.9 Å². The topological polar surface area (TPSA) is 87.2 Å². The highest BCUT2D eigenvalue weighted by atomic mass is 19.4.